The molecule has 3 aromatic rings. The Morgan fingerprint density at radius 3 is 2.45 bits per heavy atom. The Morgan fingerprint density at radius 2 is 1.84 bits per heavy atom. The Kier molecular flexibility index (Phi) is 6.34. The van der Waals surface area contributed by atoms with Crippen LogP contribution in [-0.2, 0) is 9.53 Å². The predicted molar refractivity (Wildman–Crippen MR) is 109 cm³/mol. The van der Waals surface area contributed by atoms with E-state index in [1.54, 1.807) is 36.5 Å². The zero-order valence-corrected chi connectivity index (χ0v) is 17.3. The van der Waals surface area contributed by atoms with Gasteiger partial charge in [-0.25, -0.2) is 9.78 Å². The minimum atomic E-state index is -5.25. The molecule has 0 spiro atoms. The van der Waals surface area contributed by atoms with Crippen LogP contribution in [0.3, 0.4) is 0 Å². The summed E-state index contributed by atoms with van der Waals surface area (Å²) in [5.41, 5.74) is -3.22. The third-order valence-electron chi connectivity index (χ3n) is 4.22. The van der Waals surface area contributed by atoms with E-state index in [1.807, 2.05) is 0 Å². The molecule has 0 fully saturated rings. The number of alkyl halides is 3. The summed E-state index contributed by atoms with van der Waals surface area (Å²) in [6, 6.07) is 12.0. The van der Waals surface area contributed by atoms with Crippen LogP contribution in [0.5, 0.6) is 5.75 Å². The van der Waals surface area contributed by atoms with Crippen molar-refractivity contribution >= 4 is 38.6 Å². The molecular formula is C20H18F3N3O4S. The molecule has 31 heavy (non-hydrogen) atoms. The van der Waals surface area contributed by atoms with E-state index < -0.39 is 23.7 Å². The number of nitrogens with one attached hydrogen (secondary N) is 2. The van der Waals surface area contributed by atoms with Crippen molar-refractivity contribution in [2.24, 2.45) is 0 Å². The Balaban J connectivity index is 2.02. The van der Waals surface area contributed by atoms with Crippen LogP contribution in [0.4, 0.5) is 18.3 Å². The van der Waals surface area contributed by atoms with Crippen LogP contribution in [0.1, 0.15) is 17.3 Å². The van der Waals surface area contributed by atoms with Gasteiger partial charge in [0.2, 0.25) is 0 Å². The number of thiazole rings is 1. The fourth-order valence-electron chi connectivity index (χ4n) is 2.75. The summed E-state index contributed by atoms with van der Waals surface area (Å²) in [6.45, 7) is 2.22. The maximum absolute atomic E-state index is 14.2. The quantitative estimate of drug-likeness (QED) is 0.416. The second-order valence-corrected chi connectivity index (χ2v) is 7.30. The fraction of sp³-hybridized carbons (Fsp3) is 0.250. The largest absolute Gasteiger partial charge is 0.494 e. The van der Waals surface area contributed by atoms with Crippen LogP contribution in [0, 0.1) is 0 Å². The lowest BCUT2D eigenvalue weighted by Crippen LogP contribution is -2.69. The third-order valence-corrected chi connectivity index (χ3v) is 5.15. The molecule has 0 aliphatic heterocycles. The number of nitrogens with zero attached hydrogens (tertiary/aromatic N) is 1. The number of esters is 1. The molecule has 2 N–H and O–H groups in total. The first-order valence-corrected chi connectivity index (χ1v) is 9.86. The van der Waals surface area contributed by atoms with Gasteiger partial charge in [-0.05, 0) is 37.3 Å². The molecule has 0 bridgehead atoms. The van der Waals surface area contributed by atoms with Gasteiger partial charge in [0.1, 0.15) is 5.75 Å². The lowest BCUT2D eigenvalue weighted by atomic mass is 10.1. The number of benzene rings is 2. The molecule has 0 unspecified atom stereocenters. The highest BCUT2D eigenvalue weighted by atomic mass is 32.1. The Bertz CT molecular complexity index is 1090. The molecule has 0 saturated carbocycles. The lowest BCUT2D eigenvalue weighted by Gasteiger charge is -2.34. The number of fused-ring (bicyclic) bond motifs is 1. The molecule has 2 aromatic carbocycles. The van der Waals surface area contributed by atoms with E-state index in [0.29, 0.717) is 22.6 Å². The first-order chi connectivity index (χ1) is 14.7. The van der Waals surface area contributed by atoms with Crippen molar-refractivity contribution in [1.82, 2.24) is 10.3 Å². The van der Waals surface area contributed by atoms with Crippen LogP contribution < -0.4 is 15.4 Å². The van der Waals surface area contributed by atoms with Crippen LogP contribution in [0.15, 0.2) is 48.5 Å². The van der Waals surface area contributed by atoms with Crippen molar-refractivity contribution in [1.29, 1.82) is 0 Å². The number of carbonyl (C=O) groups is 2. The summed E-state index contributed by atoms with van der Waals surface area (Å²) >= 11 is 0.870. The molecule has 0 radical (unpaired) electrons. The van der Waals surface area contributed by atoms with Crippen molar-refractivity contribution in [2.45, 2.75) is 18.8 Å². The molecule has 1 heterocycles. The van der Waals surface area contributed by atoms with Gasteiger partial charge >= 0.3 is 17.8 Å². The van der Waals surface area contributed by atoms with E-state index in [2.05, 4.69) is 15.0 Å². The zero-order valence-electron chi connectivity index (χ0n) is 16.4. The van der Waals surface area contributed by atoms with Crippen molar-refractivity contribution in [3.05, 3.63) is 54.1 Å². The number of hydrogen-bond acceptors (Lipinski definition) is 7. The van der Waals surface area contributed by atoms with Gasteiger partial charge in [-0.3, -0.25) is 4.79 Å². The molecule has 7 nitrogen and oxygen atoms in total. The maximum atomic E-state index is 14.2. The van der Waals surface area contributed by atoms with E-state index in [-0.39, 0.29) is 10.7 Å². The van der Waals surface area contributed by atoms with Gasteiger partial charge in [-0.15, -0.1) is 0 Å². The summed E-state index contributed by atoms with van der Waals surface area (Å²) in [5, 5.41) is 3.58. The number of rotatable bonds is 7. The summed E-state index contributed by atoms with van der Waals surface area (Å²) in [7, 11) is 0.798. The Labute approximate surface area is 179 Å². The Morgan fingerprint density at radius 1 is 1.13 bits per heavy atom. The van der Waals surface area contributed by atoms with E-state index in [4.69, 9.17) is 4.74 Å². The monoisotopic (exact) mass is 453 g/mol. The van der Waals surface area contributed by atoms with Crippen molar-refractivity contribution in [3.63, 3.8) is 0 Å². The average molecular weight is 453 g/mol. The molecule has 1 amide bonds. The molecule has 1 atom stereocenters. The summed E-state index contributed by atoms with van der Waals surface area (Å²) < 4.78 is 52.8. The summed E-state index contributed by atoms with van der Waals surface area (Å²) in [4.78, 5) is 29.0. The number of carbonyl (C=O) groups excluding carboxylic acids is 2. The van der Waals surface area contributed by atoms with Crippen LogP contribution >= 0.6 is 11.3 Å². The minimum absolute atomic E-state index is 0.0625. The third kappa shape index (κ3) is 4.55. The lowest BCUT2D eigenvalue weighted by molar-refractivity contribution is -0.203. The van der Waals surface area contributed by atoms with Gasteiger partial charge < -0.3 is 20.1 Å². The van der Waals surface area contributed by atoms with E-state index in [0.717, 1.165) is 18.4 Å². The first-order valence-electron chi connectivity index (χ1n) is 9.04. The highest BCUT2D eigenvalue weighted by molar-refractivity contribution is 7.22. The molecule has 1 aromatic heterocycles. The zero-order chi connectivity index (χ0) is 22.6. The van der Waals surface area contributed by atoms with Gasteiger partial charge in [0.25, 0.3) is 5.91 Å². The number of amides is 1. The predicted octanol–water partition coefficient (Wildman–Crippen LogP) is 3.97. The van der Waals surface area contributed by atoms with E-state index in [9.17, 15) is 22.8 Å². The molecular weight excluding hydrogens is 435 g/mol. The van der Waals surface area contributed by atoms with Gasteiger partial charge in [0, 0.05) is 5.56 Å². The number of hydrogen-bond donors (Lipinski definition) is 2. The molecule has 11 heteroatoms. The summed E-state index contributed by atoms with van der Waals surface area (Å²) in [6.07, 6.45) is -5.25. The van der Waals surface area contributed by atoms with Gasteiger partial charge in [-0.2, -0.15) is 13.2 Å². The number of aromatic nitrogens is 1. The number of halogens is 3. The highest BCUT2D eigenvalue weighted by Crippen LogP contribution is 2.36. The molecule has 164 valence electrons. The fourth-order valence-corrected chi connectivity index (χ4v) is 3.70. The van der Waals surface area contributed by atoms with Crippen LogP contribution in [0.2, 0.25) is 0 Å². The van der Waals surface area contributed by atoms with Crippen LogP contribution in [-0.4, -0.2) is 42.4 Å². The standard InChI is InChI=1S/C20H18F3N3O4S/c1-3-30-13-9-10-14-15(11-13)31-18(24-14)26-19(17(28)29-2,20(21,22)23)25-16(27)12-7-5-4-6-8-12/h4-11H,3H2,1-2H3,(H,24,26)(H,25,27)/t19-/m0/s1. The number of ether oxygens (including phenoxy) is 2. The summed E-state index contributed by atoms with van der Waals surface area (Å²) in [5.74, 6) is -2.33. The second kappa shape index (κ2) is 8.80. The normalized spacial score (nSPS) is 13.3. The second-order valence-electron chi connectivity index (χ2n) is 6.27. The molecule has 0 saturated heterocycles. The van der Waals surface area contributed by atoms with Crippen molar-refractivity contribution < 1.29 is 32.2 Å². The average Bonchev–Trinajstić information content (AvgIpc) is 3.14. The van der Waals surface area contributed by atoms with Crippen molar-refractivity contribution in [3.8, 4) is 5.75 Å². The Hall–Kier alpha value is -3.34. The smallest absolute Gasteiger partial charge is 0.442 e. The maximum Gasteiger partial charge on any atom is 0.442 e. The van der Waals surface area contributed by atoms with Gasteiger partial charge in [-0.1, -0.05) is 29.5 Å². The van der Waals surface area contributed by atoms with Gasteiger partial charge in [0.05, 0.1) is 23.9 Å². The van der Waals surface area contributed by atoms with E-state index in [1.165, 1.54) is 24.3 Å². The van der Waals surface area contributed by atoms with Crippen molar-refractivity contribution in [2.75, 3.05) is 19.0 Å². The minimum Gasteiger partial charge on any atom is -0.494 e. The molecule has 0 aliphatic carbocycles. The highest BCUT2D eigenvalue weighted by Gasteiger charge is 2.64. The van der Waals surface area contributed by atoms with E-state index >= 15 is 0 Å². The molecule has 3 rings (SSSR count). The SMILES string of the molecule is CCOc1ccc2nc(N[C@@](NC(=O)c3ccccc3)(C(=O)OC)C(F)(F)F)sc2c1. The molecule has 0 aliphatic rings. The topological polar surface area (TPSA) is 89.5 Å². The van der Waals surface area contributed by atoms with Gasteiger partial charge in [0.15, 0.2) is 5.13 Å². The number of methoxy groups -OCH3 is 1. The first kappa shape index (κ1) is 22.3. The van der Waals surface area contributed by atoms with Crippen LogP contribution in [0.25, 0.3) is 10.2 Å². The number of anilines is 1.